The molecular formula is C22H30O8. The van der Waals surface area contributed by atoms with Gasteiger partial charge in [-0.1, -0.05) is 45.4 Å². The molecule has 1 rings (SSSR count). The maximum absolute atomic E-state index is 12.7. The second-order valence-electron chi connectivity index (χ2n) is 6.80. The Morgan fingerprint density at radius 2 is 1.57 bits per heavy atom. The standard InChI is InChI=1S/C22H30O8/c1-5-8-17(23)29-21(26)16-11-7-10-15(12-13-28-20(25)14(3)4)19(16)22(27)30-18(24)9-6-2/h7,10-11,17-18,23-24H,3,5-6,8-9,12-13H2,1-2,4H3. The highest BCUT2D eigenvalue weighted by Gasteiger charge is 2.26. The lowest BCUT2D eigenvalue weighted by Crippen LogP contribution is -2.24. The lowest BCUT2D eigenvalue weighted by Gasteiger charge is -2.17. The van der Waals surface area contributed by atoms with Crippen molar-refractivity contribution in [1.82, 2.24) is 0 Å². The van der Waals surface area contributed by atoms with Crippen LogP contribution in [0, 0.1) is 0 Å². The van der Waals surface area contributed by atoms with Crippen molar-refractivity contribution in [2.75, 3.05) is 6.61 Å². The van der Waals surface area contributed by atoms with E-state index in [4.69, 9.17) is 14.2 Å². The molecule has 30 heavy (non-hydrogen) atoms. The Labute approximate surface area is 176 Å². The van der Waals surface area contributed by atoms with Crippen LogP contribution in [0.4, 0.5) is 0 Å². The summed E-state index contributed by atoms with van der Waals surface area (Å²) in [5.41, 5.74) is 0.396. The number of carbonyl (C=O) groups excluding carboxylic acids is 3. The van der Waals surface area contributed by atoms with E-state index in [0.717, 1.165) is 0 Å². The van der Waals surface area contributed by atoms with Gasteiger partial charge in [-0.3, -0.25) is 0 Å². The van der Waals surface area contributed by atoms with Gasteiger partial charge >= 0.3 is 17.9 Å². The van der Waals surface area contributed by atoms with Crippen LogP contribution in [-0.2, 0) is 25.4 Å². The number of rotatable bonds is 12. The number of aliphatic hydroxyl groups excluding tert-OH is 2. The van der Waals surface area contributed by atoms with E-state index in [1.165, 1.54) is 19.1 Å². The van der Waals surface area contributed by atoms with Crippen LogP contribution in [0.3, 0.4) is 0 Å². The van der Waals surface area contributed by atoms with Gasteiger partial charge in [0.15, 0.2) is 0 Å². The smallest absolute Gasteiger partial charge is 0.341 e. The molecule has 0 radical (unpaired) electrons. The highest BCUT2D eigenvalue weighted by molar-refractivity contribution is 6.04. The summed E-state index contributed by atoms with van der Waals surface area (Å²) in [5, 5.41) is 19.6. The SMILES string of the molecule is C=C(C)C(=O)OCCc1cccc(C(=O)OC(O)CCC)c1C(=O)OC(O)CCC. The average molecular weight is 422 g/mol. The Hall–Kier alpha value is -2.71. The van der Waals surface area contributed by atoms with E-state index in [1.54, 1.807) is 6.07 Å². The van der Waals surface area contributed by atoms with Crippen LogP contribution in [0.2, 0.25) is 0 Å². The summed E-state index contributed by atoms with van der Waals surface area (Å²) in [6, 6.07) is 4.49. The summed E-state index contributed by atoms with van der Waals surface area (Å²) in [6.45, 7) is 8.59. The van der Waals surface area contributed by atoms with Gasteiger partial charge in [0.25, 0.3) is 0 Å². The van der Waals surface area contributed by atoms with Crippen molar-refractivity contribution in [2.45, 2.75) is 65.5 Å². The molecule has 2 unspecified atom stereocenters. The van der Waals surface area contributed by atoms with E-state index in [0.29, 0.717) is 18.4 Å². The molecule has 0 aliphatic carbocycles. The highest BCUT2D eigenvalue weighted by Crippen LogP contribution is 2.20. The van der Waals surface area contributed by atoms with Gasteiger partial charge < -0.3 is 24.4 Å². The molecule has 0 aliphatic rings. The second kappa shape index (κ2) is 12.8. The van der Waals surface area contributed by atoms with Crippen molar-refractivity contribution in [3.63, 3.8) is 0 Å². The first-order chi connectivity index (χ1) is 14.2. The largest absolute Gasteiger partial charge is 0.462 e. The predicted molar refractivity (Wildman–Crippen MR) is 109 cm³/mol. The van der Waals surface area contributed by atoms with Gasteiger partial charge in [0.05, 0.1) is 17.7 Å². The number of hydrogen-bond donors (Lipinski definition) is 2. The predicted octanol–water partition coefficient (Wildman–Crippen LogP) is 2.90. The lowest BCUT2D eigenvalue weighted by atomic mass is 9.98. The lowest BCUT2D eigenvalue weighted by molar-refractivity contribution is -0.138. The normalized spacial score (nSPS) is 12.6. The topological polar surface area (TPSA) is 119 Å². The van der Waals surface area contributed by atoms with Gasteiger partial charge in [-0.25, -0.2) is 14.4 Å². The summed E-state index contributed by atoms with van der Waals surface area (Å²) in [4.78, 5) is 36.8. The maximum Gasteiger partial charge on any atom is 0.341 e. The van der Waals surface area contributed by atoms with Crippen LogP contribution in [0.15, 0.2) is 30.4 Å². The first kappa shape index (κ1) is 25.3. The van der Waals surface area contributed by atoms with E-state index in [2.05, 4.69) is 6.58 Å². The molecule has 0 saturated carbocycles. The third-order valence-electron chi connectivity index (χ3n) is 4.09. The highest BCUT2D eigenvalue weighted by atomic mass is 16.6. The van der Waals surface area contributed by atoms with Gasteiger partial charge in [-0.05, 0) is 18.6 Å². The molecular weight excluding hydrogens is 392 g/mol. The molecule has 0 bridgehead atoms. The minimum atomic E-state index is -1.33. The van der Waals surface area contributed by atoms with E-state index in [1.807, 2.05) is 13.8 Å². The monoisotopic (exact) mass is 422 g/mol. The summed E-state index contributed by atoms with van der Waals surface area (Å²) in [5.74, 6) is -2.38. The molecule has 1 aromatic carbocycles. The van der Waals surface area contributed by atoms with Crippen LogP contribution in [0.5, 0.6) is 0 Å². The number of aliphatic hydroxyl groups is 2. The van der Waals surface area contributed by atoms with Crippen molar-refractivity contribution < 1.29 is 38.8 Å². The Kier molecular flexibility index (Phi) is 10.8. The van der Waals surface area contributed by atoms with E-state index in [-0.39, 0.29) is 42.6 Å². The van der Waals surface area contributed by atoms with Gasteiger partial charge in [0, 0.05) is 24.8 Å². The molecule has 0 aliphatic heterocycles. The van der Waals surface area contributed by atoms with Gasteiger partial charge in [-0.15, -0.1) is 0 Å². The summed E-state index contributed by atoms with van der Waals surface area (Å²) in [7, 11) is 0. The fourth-order valence-corrected chi connectivity index (χ4v) is 2.58. The molecule has 166 valence electrons. The molecule has 2 N–H and O–H groups in total. The molecule has 0 aromatic heterocycles. The summed E-state index contributed by atoms with van der Waals surface area (Å²) < 4.78 is 15.1. The fraction of sp³-hybridized carbons (Fsp3) is 0.500. The number of esters is 3. The molecule has 8 heteroatoms. The quantitative estimate of drug-likeness (QED) is 0.228. The Balaban J connectivity index is 3.16. The number of benzene rings is 1. The fourth-order valence-electron chi connectivity index (χ4n) is 2.58. The van der Waals surface area contributed by atoms with Crippen molar-refractivity contribution in [3.05, 3.63) is 47.0 Å². The summed E-state index contributed by atoms with van der Waals surface area (Å²) >= 11 is 0. The Bertz CT molecular complexity index is 756. The number of ether oxygens (including phenoxy) is 3. The molecule has 0 fully saturated rings. The molecule has 2 atom stereocenters. The van der Waals surface area contributed by atoms with Crippen LogP contribution >= 0.6 is 0 Å². The zero-order valence-electron chi connectivity index (χ0n) is 17.7. The second-order valence-corrected chi connectivity index (χ2v) is 6.80. The molecule has 8 nitrogen and oxygen atoms in total. The maximum atomic E-state index is 12.7. The molecule has 0 spiro atoms. The molecule has 0 amide bonds. The molecule has 1 aromatic rings. The minimum Gasteiger partial charge on any atom is -0.462 e. The average Bonchev–Trinajstić information content (AvgIpc) is 2.67. The minimum absolute atomic E-state index is 0.0551. The van der Waals surface area contributed by atoms with Crippen LogP contribution in [0.1, 0.15) is 72.7 Å². The number of hydrogen-bond acceptors (Lipinski definition) is 8. The van der Waals surface area contributed by atoms with Crippen LogP contribution < -0.4 is 0 Å². The van der Waals surface area contributed by atoms with Crippen molar-refractivity contribution in [2.24, 2.45) is 0 Å². The van der Waals surface area contributed by atoms with Crippen molar-refractivity contribution >= 4 is 17.9 Å². The zero-order chi connectivity index (χ0) is 22.7. The van der Waals surface area contributed by atoms with Gasteiger partial charge in [0.2, 0.25) is 12.6 Å². The van der Waals surface area contributed by atoms with E-state index in [9.17, 15) is 24.6 Å². The first-order valence-electron chi connectivity index (χ1n) is 9.93. The zero-order valence-corrected chi connectivity index (χ0v) is 17.7. The molecule has 0 heterocycles. The van der Waals surface area contributed by atoms with Crippen molar-refractivity contribution in [3.8, 4) is 0 Å². The summed E-state index contributed by atoms with van der Waals surface area (Å²) in [6.07, 6.45) is -0.850. The van der Waals surface area contributed by atoms with Gasteiger partial charge in [0.1, 0.15) is 0 Å². The first-order valence-corrected chi connectivity index (χ1v) is 9.93. The Morgan fingerprint density at radius 1 is 1.00 bits per heavy atom. The molecule has 0 saturated heterocycles. The van der Waals surface area contributed by atoms with Crippen LogP contribution in [0.25, 0.3) is 0 Å². The van der Waals surface area contributed by atoms with E-state index < -0.39 is 30.5 Å². The third kappa shape index (κ3) is 7.96. The number of carbonyl (C=O) groups is 3. The third-order valence-corrected chi connectivity index (χ3v) is 4.09. The Morgan fingerprint density at radius 3 is 2.10 bits per heavy atom. The van der Waals surface area contributed by atoms with Crippen LogP contribution in [-0.4, -0.2) is 47.3 Å². The van der Waals surface area contributed by atoms with Crippen molar-refractivity contribution in [1.29, 1.82) is 0 Å². The van der Waals surface area contributed by atoms with Gasteiger partial charge in [-0.2, -0.15) is 0 Å². The van der Waals surface area contributed by atoms with E-state index >= 15 is 0 Å².